The first-order chi connectivity index (χ1) is 17.6. The third kappa shape index (κ3) is 6.01. The Labute approximate surface area is 257 Å². The summed E-state index contributed by atoms with van der Waals surface area (Å²) < 4.78 is 3.66. The van der Waals surface area contributed by atoms with Crippen LogP contribution >= 0.6 is 0 Å². The van der Waals surface area contributed by atoms with Crippen molar-refractivity contribution in [3.63, 3.8) is 0 Å². The number of aryl methyl sites for hydroxylation is 6. The molecule has 0 unspecified atom stereocenters. The van der Waals surface area contributed by atoms with Crippen LogP contribution in [0.4, 0.5) is 0 Å². The Hall–Kier alpha value is -0.366. The fraction of sp³-hybridized carbons (Fsp3) is 0.667. The fourth-order valence-corrected chi connectivity index (χ4v) is 122. The Morgan fingerprint density at radius 1 is 0.450 bits per heavy atom. The van der Waals surface area contributed by atoms with Gasteiger partial charge in [0, 0.05) is 0 Å². The van der Waals surface area contributed by atoms with Crippen LogP contribution in [0.3, 0.4) is 0 Å². The molecule has 0 aromatic heterocycles. The topological polar surface area (TPSA) is 0 Å². The maximum atomic E-state index is 2.91. The van der Waals surface area contributed by atoms with Crippen molar-refractivity contribution < 1.29 is 0 Å². The van der Waals surface area contributed by atoms with Gasteiger partial charge in [-0.05, 0) is 0 Å². The van der Waals surface area contributed by atoms with Gasteiger partial charge in [0.25, 0.3) is 0 Å². The van der Waals surface area contributed by atoms with Crippen molar-refractivity contribution in [2.24, 2.45) is 0 Å². The second kappa shape index (κ2) is 11.3. The Morgan fingerprint density at radius 3 is 0.825 bits per heavy atom. The summed E-state index contributed by atoms with van der Waals surface area (Å²) in [7, 11) is -3.89. The summed E-state index contributed by atoms with van der Waals surface area (Å²) in [6.07, 6.45) is 0. The summed E-state index contributed by atoms with van der Waals surface area (Å²) in [5.74, 6) is -0.860. The van der Waals surface area contributed by atoms with E-state index in [9.17, 15) is 0 Å². The van der Waals surface area contributed by atoms with Gasteiger partial charge in [-0.1, -0.05) is 0 Å². The van der Waals surface area contributed by atoms with Crippen LogP contribution in [-0.2, 0) is 0 Å². The van der Waals surface area contributed by atoms with E-state index in [4.69, 9.17) is 0 Å². The van der Waals surface area contributed by atoms with E-state index < -0.39 is 34.3 Å². The Kier molecular flexibility index (Phi) is 10.1. The summed E-state index contributed by atoms with van der Waals surface area (Å²) in [5.41, 5.74) is 9.14. The van der Waals surface area contributed by atoms with E-state index in [-0.39, 0.29) is 0 Å². The third-order valence-corrected chi connectivity index (χ3v) is 87.4. The molecule has 224 valence electrons. The van der Waals surface area contributed by atoms with Crippen LogP contribution in [0.15, 0.2) is 24.3 Å². The van der Waals surface area contributed by atoms with E-state index in [1.165, 1.54) is 11.1 Å². The second-order valence-electron chi connectivity index (χ2n) is 17.5. The minimum absolute atomic E-state index is 0.321. The molecular formula is C36H64GeSi3. The molecule has 0 heterocycles. The van der Waals surface area contributed by atoms with Gasteiger partial charge < -0.3 is 0 Å². The summed E-state index contributed by atoms with van der Waals surface area (Å²) in [5, 5.41) is 1.28. The third-order valence-electron chi connectivity index (χ3n) is 11.1. The summed E-state index contributed by atoms with van der Waals surface area (Å²) in [4.78, 5) is 0. The molecule has 0 radical (unpaired) electrons. The van der Waals surface area contributed by atoms with E-state index in [0.717, 1.165) is 0 Å². The van der Waals surface area contributed by atoms with Gasteiger partial charge in [0.1, 0.15) is 0 Å². The first-order valence-electron chi connectivity index (χ1n) is 15.6. The molecule has 2 aromatic carbocycles. The first kappa shape index (κ1) is 35.8. The molecule has 2 rings (SSSR count). The van der Waals surface area contributed by atoms with Crippen molar-refractivity contribution in [1.82, 2.24) is 0 Å². The minimum atomic E-state index is -2.12. The van der Waals surface area contributed by atoms with Crippen LogP contribution in [0.25, 0.3) is 0 Å². The van der Waals surface area contributed by atoms with Gasteiger partial charge in [-0.3, -0.25) is 0 Å². The van der Waals surface area contributed by atoms with Crippen molar-refractivity contribution in [1.29, 1.82) is 0 Å². The quantitative estimate of drug-likeness (QED) is 0.288. The predicted octanol–water partition coefficient (Wildman–Crippen LogP) is 10.2. The molecule has 0 saturated carbocycles. The SMILES string of the molecule is Cc1cc(C)[c]([Ge]([c]2c(C)cc(C)cc2C)=[Si]([Si](C)(C(C)(C)C)C(C)(C)C)[Si](C)(C(C)(C)C)C(C)(C)C)c(C)c1. The van der Waals surface area contributed by atoms with Gasteiger partial charge in [-0.15, -0.1) is 0 Å². The van der Waals surface area contributed by atoms with Crippen LogP contribution in [0, 0.1) is 41.5 Å². The number of benzene rings is 2. The zero-order chi connectivity index (χ0) is 31.6. The van der Waals surface area contributed by atoms with E-state index >= 15 is 0 Å². The molecule has 2 aromatic rings. The zero-order valence-corrected chi connectivity index (χ0v) is 35.4. The number of hydrogen-bond donors (Lipinski definition) is 0. The molecule has 0 spiro atoms. The first-order valence-corrected chi connectivity index (χ1v) is 29.3. The molecule has 0 aliphatic heterocycles. The molecule has 0 fully saturated rings. The molecule has 40 heavy (non-hydrogen) atoms. The average Bonchev–Trinajstić information content (AvgIpc) is 2.68. The standard InChI is InChI=1S/C36H64GeSi3/c1-25-21-27(3)31(28(4)22-25)37(32-29(5)23-26(2)24-30(32)6)38(39(19,33(7,8)9)34(10,11)12)40(20,35(13,14)15)36(16,17)18/h21-24H,1-20H3. The monoisotopic (exact) mass is 654 g/mol. The summed E-state index contributed by atoms with van der Waals surface area (Å²) in [6, 6.07) is 10.1. The predicted molar refractivity (Wildman–Crippen MR) is 194 cm³/mol. The molecule has 0 amide bonds. The van der Waals surface area contributed by atoms with Crippen LogP contribution in [-0.4, -0.2) is 34.3 Å². The van der Waals surface area contributed by atoms with E-state index in [1.54, 1.807) is 22.3 Å². The Balaban J connectivity index is 3.70. The Morgan fingerprint density at radius 2 is 0.650 bits per heavy atom. The van der Waals surface area contributed by atoms with Gasteiger partial charge >= 0.3 is 259 Å². The maximum absolute atomic E-state index is 2.91. The number of rotatable bonds is 4. The van der Waals surface area contributed by atoms with Gasteiger partial charge in [-0.2, -0.15) is 0 Å². The van der Waals surface area contributed by atoms with Gasteiger partial charge in [0.05, 0.1) is 0 Å². The number of hydrogen-bond acceptors (Lipinski definition) is 0. The van der Waals surface area contributed by atoms with Crippen LogP contribution in [0.1, 0.15) is 116 Å². The molecule has 0 N–H and O–H groups in total. The van der Waals surface area contributed by atoms with Crippen molar-refractivity contribution in [3.8, 4) is 0 Å². The molecule has 0 bridgehead atoms. The molecule has 0 atom stereocenters. The normalized spacial score (nSPS) is 14.0. The molecule has 0 saturated heterocycles. The summed E-state index contributed by atoms with van der Waals surface area (Å²) in [6.45, 7) is 52.0. The van der Waals surface area contributed by atoms with E-state index in [2.05, 4.69) is 162 Å². The van der Waals surface area contributed by atoms with Crippen molar-refractivity contribution in [2.45, 2.75) is 158 Å². The fourth-order valence-electron chi connectivity index (χ4n) is 8.27. The molecular weight excluding hydrogens is 589 g/mol. The van der Waals surface area contributed by atoms with Gasteiger partial charge in [-0.25, -0.2) is 0 Å². The van der Waals surface area contributed by atoms with Crippen molar-refractivity contribution in [2.75, 3.05) is 0 Å². The van der Waals surface area contributed by atoms with Gasteiger partial charge in [0.2, 0.25) is 0 Å². The van der Waals surface area contributed by atoms with Crippen molar-refractivity contribution in [3.05, 3.63) is 57.6 Å². The second-order valence-corrected chi connectivity index (χ2v) is 55.0. The summed E-state index contributed by atoms with van der Waals surface area (Å²) >= 11 is -2.12. The van der Waals surface area contributed by atoms with Gasteiger partial charge in [0.15, 0.2) is 0 Å². The van der Waals surface area contributed by atoms with Crippen LogP contribution in [0.2, 0.25) is 33.2 Å². The Bertz CT molecular complexity index is 1130. The van der Waals surface area contributed by atoms with E-state index in [0.29, 0.717) is 20.2 Å². The van der Waals surface area contributed by atoms with Crippen molar-refractivity contribution >= 4 is 43.1 Å². The zero-order valence-electron chi connectivity index (χ0n) is 30.3. The van der Waals surface area contributed by atoms with Crippen LogP contribution in [0.5, 0.6) is 0 Å². The molecule has 4 heteroatoms. The molecule has 0 aliphatic rings. The molecule has 0 aliphatic carbocycles. The molecule has 0 nitrogen and oxygen atoms in total. The average molecular weight is 654 g/mol. The van der Waals surface area contributed by atoms with E-state index in [1.807, 2.05) is 8.79 Å². The van der Waals surface area contributed by atoms with Crippen LogP contribution < -0.4 is 8.79 Å².